The fourth-order valence-corrected chi connectivity index (χ4v) is 2.29. The van der Waals surface area contributed by atoms with Crippen LogP contribution in [0.25, 0.3) is 11.1 Å². The topological polar surface area (TPSA) is 110 Å². The second-order valence-electron chi connectivity index (χ2n) is 4.61. The second kappa shape index (κ2) is 10.4. The molecule has 2 rings (SSSR count). The number of Topliss-reactive ketones (excluding diaryl/α,β-unsaturated/α-hetero) is 1. The molecule has 1 heterocycles. The molecule has 0 spiro atoms. The third kappa shape index (κ3) is 6.13. The van der Waals surface area contributed by atoms with Crippen LogP contribution in [0.1, 0.15) is 19.3 Å². The van der Waals surface area contributed by atoms with Crippen molar-refractivity contribution in [3.05, 3.63) is 50.8 Å². The Morgan fingerprint density at radius 2 is 1.84 bits per heavy atom. The smallest absolute Gasteiger partial charge is 0.295 e. The number of hydrogen-bond donors (Lipinski definition) is 1. The van der Waals surface area contributed by atoms with Gasteiger partial charge >= 0.3 is 0 Å². The summed E-state index contributed by atoms with van der Waals surface area (Å²) in [6.45, 7) is 0. The number of nitrogens with zero attached hydrogens (tertiary/aromatic N) is 1. The Bertz CT molecular complexity index is 774. The quantitative estimate of drug-likeness (QED) is 0.444. The van der Waals surface area contributed by atoms with Gasteiger partial charge in [0.05, 0.1) is 21.9 Å². The summed E-state index contributed by atoms with van der Waals surface area (Å²) < 4.78 is 0. The molecule has 1 N–H and O–H groups in total. The Hall–Kier alpha value is -2.51. The molecule has 9 heteroatoms. The molecule has 0 aliphatic rings. The van der Waals surface area contributed by atoms with Crippen LogP contribution in [-0.2, 0) is 14.4 Å². The van der Waals surface area contributed by atoms with Crippen LogP contribution in [0.4, 0.5) is 5.69 Å². The van der Waals surface area contributed by atoms with Crippen molar-refractivity contribution >= 4 is 47.2 Å². The number of H-pyrrole nitrogens is 1. The maximum absolute atomic E-state index is 10.9. The molecule has 0 amide bonds. The summed E-state index contributed by atoms with van der Waals surface area (Å²) >= 11 is 11.7. The van der Waals surface area contributed by atoms with Crippen molar-refractivity contribution in [1.29, 1.82) is 0 Å². The van der Waals surface area contributed by atoms with E-state index in [1.165, 1.54) is 12.4 Å². The number of carbonyl (C=O) groups excluding carboxylic acids is 3. The van der Waals surface area contributed by atoms with E-state index in [0.29, 0.717) is 16.1 Å². The highest BCUT2D eigenvalue weighted by Gasteiger charge is 2.21. The molecular weight excluding hydrogens is 371 g/mol. The summed E-state index contributed by atoms with van der Waals surface area (Å²) in [4.78, 5) is 42.6. The van der Waals surface area contributed by atoms with Gasteiger partial charge in [-0.1, -0.05) is 29.3 Å². The Morgan fingerprint density at radius 3 is 2.36 bits per heavy atom. The van der Waals surface area contributed by atoms with E-state index in [9.17, 15) is 24.5 Å². The molecule has 0 aliphatic carbocycles. The van der Waals surface area contributed by atoms with Crippen LogP contribution >= 0.6 is 23.2 Å². The third-order valence-electron chi connectivity index (χ3n) is 2.93. The number of nitro groups is 1. The number of benzene rings is 1. The van der Waals surface area contributed by atoms with E-state index in [1.54, 1.807) is 30.8 Å². The van der Waals surface area contributed by atoms with E-state index in [-0.39, 0.29) is 35.8 Å². The van der Waals surface area contributed by atoms with Gasteiger partial charge in [0.15, 0.2) is 6.29 Å². The Morgan fingerprint density at radius 1 is 1.12 bits per heavy atom. The first-order valence-electron chi connectivity index (χ1n) is 6.89. The molecule has 2 radical (unpaired) electrons. The lowest BCUT2D eigenvalue weighted by Crippen LogP contribution is -1.97. The van der Waals surface area contributed by atoms with Gasteiger partial charge in [0.25, 0.3) is 5.69 Å². The van der Waals surface area contributed by atoms with E-state index in [1.807, 2.05) is 0 Å². The van der Waals surface area contributed by atoms with E-state index in [4.69, 9.17) is 23.2 Å². The molecule has 0 atom stereocenters. The van der Waals surface area contributed by atoms with Crippen LogP contribution in [0.3, 0.4) is 0 Å². The number of nitrogens with one attached hydrogen (secondary N) is 1. The van der Waals surface area contributed by atoms with E-state index in [2.05, 4.69) is 4.98 Å². The summed E-state index contributed by atoms with van der Waals surface area (Å²) in [7, 11) is 0. The molecule has 25 heavy (non-hydrogen) atoms. The van der Waals surface area contributed by atoms with Gasteiger partial charge in [0.1, 0.15) is 10.8 Å². The molecule has 0 saturated heterocycles. The summed E-state index contributed by atoms with van der Waals surface area (Å²) in [6, 6.07) is 4.73. The number of hydrogen-bond acceptors (Lipinski definition) is 5. The maximum atomic E-state index is 10.9. The van der Waals surface area contributed by atoms with Crippen LogP contribution in [0.15, 0.2) is 30.6 Å². The molecule has 0 aliphatic heterocycles. The number of para-hydroxylation sites is 1. The number of nitro benzene ring substituents is 1. The normalized spacial score (nSPS) is 9.68. The van der Waals surface area contributed by atoms with Gasteiger partial charge in [-0.15, -0.1) is 0 Å². The zero-order chi connectivity index (χ0) is 18.8. The van der Waals surface area contributed by atoms with Crippen LogP contribution in [0, 0.1) is 10.1 Å². The first kappa shape index (κ1) is 20.5. The summed E-state index contributed by atoms with van der Waals surface area (Å²) in [5.74, 6) is -0.256. The van der Waals surface area contributed by atoms with E-state index >= 15 is 0 Å². The Balaban J connectivity index is 0.000000299. The van der Waals surface area contributed by atoms with Gasteiger partial charge in [0, 0.05) is 30.8 Å². The first-order valence-corrected chi connectivity index (χ1v) is 7.65. The zero-order valence-electron chi connectivity index (χ0n) is 12.8. The fourth-order valence-electron chi connectivity index (χ4n) is 1.83. The predicted molar refractivity (Wildman–Crippen MR) is 93.1 cm³/mol. The lowest BCUT2D eigenvalue weighted by Gasteiger charge is -2.02. The molecule has 7 nitrogen and oxygen atoms in total. The van der Waals surface area contributed by atoms with E-state index < -0.39 is 4.92 Å². The number of carbonyl (C=O) groups is 1. The zero-order valence-corrected chi connectivity index (χ0v) is 14.3. The summed E-state index contributed by atoms with van der Waals surface area (Å²) in [5.41, 5.74) is 0.838. The van der Waals surface area contributed by atoms with Gasteiger partial charge < -0.3 is 4.98 Å². The Kier molecular flexibility index (Phi) is 8.52. The van der Waals surface area contributed by atoms with Crippen LogP contribution < -0.4 is 0 Å². The van der Waals surface area contributed by atoms with Gasteiger partial charge in [-0.05, 0) is 12.1 Å². The molecule has 1 aromatic heterocycles. The summed E-state index contributed by atoms with van der Waals surface area (Å²) in [5, 5.41) is 11.4. The molecular formula is C16H12Cl2N2O5. The molecule has 1 aromatic carbocycles. The van der Waals surface area contributed by atoms with Gasteiger partial charge in [-0.2, -0.15) is 0 Å². The highest BCUT2D eigenvalue weighted by Crippen LogP contribution is 2.38. The standard InChI is InChI=1S/C10H6Cl2N2O2.C6H6O3/c11-8-3-1-2-6(10(8)14(15)16)7-4-13-5-9(7)12;7-4-1-2-6(9)3-5-8/h1-5,13H;1-3H2. The largest absolute Gasteiger partial charge is 0.366 e. The monoisotopic (exact) mass is 382 g/mol. The van der Waals surface area contributed by atoms with Crippen molar-refractivity contribution in [2.24, 2.45) is 0 Å². The van der Waals surface area contributed by atoms with Crippen molar-refractivity contribution in [1.82, 2.24) is 4.98 Å². The summed E-state index contributed by atoms with van der Waals surface area (Å²) in [6.07, 6.45) is 6.15. The molecule has 0 saturated carbocycles. The molecule has 0 bridgehead atoms. The van der Waals surface area contributed by atoms with Crippen LogP contribution in [-0.4, -0.2) is 28.3 Å². The number of halogens is 2. The number of aromatic amines is 1. The molecule has 130 valence electrons. The minimum atomic E-state index is -0.513. The van der Waals surface area contributed by atoms with Crippen LogP contribution in [0.2, 0.25) is 10.0 Å². The fraction of sp³-hybridized carbons (Fsp3) is 0.188. The maximum Gasteiger partial charge on any atom is 0.295 e. The van der Waals surface area contributed by atoms with Gasteiger partial charge in [-0.3, -0.25) is 24.5 Å². The number of ketones is 1. The highest BCUT2D eigenvalue weighted by molar-refractivity contribution is 6.35. The predicted octanol–water partition coefficient (Wildman–Crippen LogP) is 3.84. The Labute approximate surface area is 153 Å². The van der Waals surface area contributed by atoms with Crippen LogP contribution in [0.5, 0.6) is 0 Å². The number of aromatic nitrogens is 1. The van der Waals surface area contributed by atoms with E-state index in [0.717, 1.165) is 0 Å². The average Bonchev–Trinajstić information content (AvgIpc) is 2.99. The lowest BCUT2D eigenvalue weighted by atomic mass is 10.1. The second-order valence-corrected chi connectivity index (χ2v) is 5.43. The van der Waals surface area contributed by atoms with Crippen molar-refractivity contribution in [2.75, 3.05) is 0 Å². The molecule has 0 fully saturated rings. The SMILES string of the molecule is O=[C]CCC(=O)C[C]=O.O=[N+]([O-])c1c(Cl)cccc1-c1c[nH]cc1Cl. The van der Waals surface area contributed by atoms with Gasteiger partial charge in [0.2, 0.25) is 6.29 Å². The molecule has 0 unspecified atom stereocenters. The number of rotatable bonds is 7. The average molecular weight is 383 g/mol. The highest BCUT2D eigenvalue weighted by atomic mass is 35.5. The first-order chi connectivity index (χ1) is 11.9. The lowest BCUT2D eigenvalue weighted by molar-refractivity contribution is -0.384. The van der Waals surface area contributed by atoms with Crippen molar-refractivity contribution < 1.29 is 19.3 Å². The van der Waals surface area contributed by atoms with Gasteiger partial charge in [-0.25, -0.2) is 0 Å². The molecule has 2 aromatic rings. The minimum Gasteiger partial charge on any atom is -0.366 e. The minimum absolute atomic E-state index is 0.0838. The third-order valence-corrected chi connectivity index (χ3v) is 3.55. The van der Waals surface area contributed by atoms with Crippen molar-refractivity contribution in [2.45, 2.75) is 19.3 Å². The van der Waals surface area contributed by atoms with Crippen molar-refractivity contribution in [3.8, 4) is 11.1 Å². The van der Waals surface area contributed by atoms with Crippen molar-refractivity contribution in [3.63, 3.8) is 0 Å².